The molecule has 0 bridgehead atoms. The average Bonchev–Trinajstić information content (AvgIpc) is 2.95. The molecule has 0 saturated heterocycles. The van der Waals surface area contributed by atoms with E-state index in [1.807, 2.05) is 6.92 Å². The Morgan fingerprint density at radius 3 is 2.33 bits per heavy atom. The summed E-state index contributed by atoms with van der Waals surface area (Å²) < 4.78 is 35.6. The lowest BCUT2D eigenvalue weighted by Crippen LogP contribution is -2.35. The fourth-order valence-electron chi connectivity index (χ4n) is 3.18. The van der Waals surface area contributed by atoms with Crippen LogP contribution < -0.4 is 14.8 Å². The first-order chi connectivity index (χ1) is 14.1. The molecule has 4 rings (SSSR count). The summed E-state index contributed by atoms with van der Waals surface area (Å²) in [6.07, 6.45) is -0.365. The predicted molar refractivity (Wildman–Crippen MR) is 110 cm³/mol. The molecule has 0 aliphatic carbocycles. The number of dihydropyridines is 1. The largest absolute Gasteiger partial charge is 0.586 e. The summed E-state index contributed by atoms with van der Waals surface area (Å²) in [5.74, 6) is -0.437. The first kappa shape index (κ1) is 20.9. The maximum Gasteiger partial charge on any atom is 0.586 e. The number of amides is 1. The minimum atomic E-state index is -3.73. The lowest BCUT2D eigenvalue weighted by atomic mass is 9.80. The van der Waals surface area contributed by atoms with Crippen molar-refractivity contribution in [2.45, 2.75) is 18.6 Å². The van der Waals surface area contributed by atoms with Crippen molar-refractivity contribution in [2.75, 3.05) is 6.54 Å². The number of hydrogen-bond donors (Lipinski definition) is 1. The molecule has 0 saturated carbocycles. The zero-order chi connectivity index (χ0) is 21.7. The summed E-state index contributed by atoms with van der Waals surface area (Å²) in [6, 6.07) is 7.44. The SMILES string of the molecule is CC1(c2cc3c(cc2Cl)OC(F)(F)O3)C=CC(NC(=O)c2c(Cl)cccc2Cl)=NC1. The maximum atomic E-state index is 13.3. The van der Waals surface area contributed by atoms with Crippen LogP contribution >= 0.6 is 34.8 Å². The van der Waals surface area contributed by atoms with Crippen LogP contribution in [0.1, 0.15) is 22.8 Å². The predicted octanol–water partition coefficient (Wildman–Crippen LogP) is 5.62. The highest BCUT2D eigenvalue weighted by Crippen LogP contribution is 2.46. The fourth-order valence-corrected chi connectivity index (χ4v) is 4.12. The van der Waals surface area contributed by atoms with Gasteiger partial charge in [-0.15, -0.1) is 8.78 Å². The molecule has 1 N–H and O–H groups in total. The Labute approximate surface area is 185 Å². The Kier molecular flexibility index (Phi) is 5.16. The molecule has 156 valence electrons. The van der Waals surface area contributed by atoms with Crippen LogP contribution in [0, 0.1) is 0 Å². The quantitative estimate of drug-likeness (QED) is 0.615. The van der Waals surface area contributed by atoms with Gasteiger partial charge in [-0.1, -0.05) is 53.9 Å². The second-order valence-electron chi connectivity index (χ2n) is 6.95. The zero-order valence-corrected chi connectivity index (χ0v) is 17.6. The average molecular weight is 474 g/mol. The molecular formula is C20H13Cl3F2N2O3. The Bertz CT molecular complexity index is 1100. The molecule has 2 aromatic rings. The summed E-state index contributed by atoms with van der Waals surface area (Å²) in [5, 5.41) is 3.31. The number of nitrogens with one attached hydrogen (secondary N) is 1. The van der Waals surface area contributed by atoms with Gasteiger partial charge in [-0.25, -0.2) is 0 Å². The summed E-state index contributed by atoms with van der Waals surface area (Å²) in [7, 11) is 0. The Hall–Kier alpha value is -2.35. The Morgan fingerprint density at radius 2 is 1.73 bits per heavy atom. The third kappa shape index (κ3) is 3.85. The number of fused-ring (bicyclic) bond motifs is 1. The van der Waals surface area contributed by atoms with Crippen molar-refractivity contribution >= 4 is 46.5 Å². The number of carbonyl (C=O) groups is 1. The molecule has 30 heavy (non-hydrogen) atoms. The van der Waals surface area contributed by atoms with Gasteiger partial charge in [0.15, 0.2) is 11.5 Å². The van der Waals surface area contributed by atoms with E-state index < -0.39 is 17.6 Å². The molecule has 1 unspecified atom stereocenters. The number of benzene rings is 2. The van der Waals surface area contributed by atoms with Gasteiger partial charge in [-0.2, -0.15) is 0 Å². The van der Waals surface area contributed by atoms with E-state index in [0.717, 1.165) is 0 Å². The highest BCUT2D eigenvalue weighted by Gasteiger charge is 2.44. The second-order valence-corrected chi connectivity index (χ2v) is 8.17. The highest BCUT2D eigenvalue weighted by molar-refractivity contribution is 6.40. The molecule has 0 radical (unpaired) electrons. The number of rotatable bonds is 2. The zero-order valence-electron chi connectivity index (χ0n) is 15.3. The number of nitrogens with zero attached hydrogens (tertiary/aromatic N) is 1. The van der Waals surface area contributed by atoms with Crippen LogP contribution in [0.3, 0.4) is 0 Å². The number of carbonyl (C=O) groups excluding carboxylic acids is 1. The topological polar surface area (TPSA) is 59.9 Å². The van der Waals surface area contributed by atoms with Crippen LogP contribution in [0.5, 0.6) is 11.5 Å². The van der Waals surface area contributed by atoms with E-state index in [2.05, 4.69) is 19.8 Å². The summed E-state index contributed by atoms with van der Waals surface area (Å²) >= 11 is 18.4. The second kappa shape index (κ2) is 7.41. The number of amidine groups is 1. The molecule has 2 aromatic carbocycles. The molecule has 2 heterocycles. The van der Waals surface area contributed by atoms with Crippen LogP contribution in [0.4, 0.5) is 8.78 Å². The molecule has 2 aliphatic rings. The van der Waals surface area contributed by atoms with Gasteiger partial charge < -0.3 is 14.8 Å². The van der Waals surface area contributed by atoms with Gasteiger partial charge in [0.2, 0.25) is 0 Å². The van der Waals surface area contributed by atoms with Crippen LogP contribution in [0.15, 0.2) is 47.5 Å². The number of aliphatic imine (C=N–C) groups is 1. The number of ether oxygens (including phenoxy) is 2. The normalized spacial score (nSPS) is 21.3. The van der Waals surface area contributed by atoms with E-state index in [9.17, 15) is 13.6 Å². The van der Waals surface area contributed by atoms with Crippen molar-refractivity contribution in [3.05, 3.63) is 68.7 Å². The molecular weight excluding hydrogens is 461 g/mol. The smallest absolute Gasteiger partial charge is 0.395 e. The molecule has 10 heteroatoms. The standard InChI is InChI=1S/C20H13Cl3F2N2O3/c1-19(10-7-14-15(8-13(10)23)30-20(24,25)29-14)6-5-16(26-9-19)27-18(28)17-11(21)3-2-4-12(17)22/h2-8H,9H2,1H3,(H,26,27,28). The van der Waals surface area contributed by atoms with Crippen molar-refractivity contribution in [3.63, 3.8) is 0 Å². The first-order valence-electron chi connectivity index (χ1n) is 8.67. The summed E-state index contributed by atoms with van der Waals surface area (Å²) in [6.45, 7) is 2.03. The molecule has 1 atom stereocenters. The van der Waals surface area contributed by atoms with Gasteiger partial charge in [0.05, 0.1) is 22.2 Å². The number of halogens is 5. The van der Waals surface area contributed by atoms with Crippen LogP contribution in [0.25, 0.3) is 0 Å². The first-order valence-corrected chi connectivity index (χ1v) is 9.80. The molecule has 2 aliphatic heterocycles. The van der Waals surface area contributed by atoms with Gasteiger partial charge in [0, 0.05) is 16.5 Å². The molecule has 0 fully saturated rings. The van der Waals surface area contributed by atoms with E-state index >= 15 is 0 Å². The summed E-state index contributed by atoms with van der Waals surface area (Å²) in [5.41, 5.74) is -0.0439. The molecule has 5 nitrogen and oxygen atoms in total. The lowest BCUT2D eigenvalue weighted by Gasteiger charge is -2.29. The van der Waals surface area contributed by atoms with Gasteiger partial charge in [0.1, 0.15) is 5.84 Å². The fraction of sp³-hybridized carbons (Fsp3) is 0.200. The minimum absolute atomic E-state index is 0.106. The van der Waals surface area contributed by atoms with E-state index in [4.69, 9.17) is 34.8 Å². The van der Waals surface area contributed by atoms with Crippen molar-refractivity contribution in [3.8, 4) is 11.5 Å². The van der Waals surface area contributed by atoms with E-state index in [1.165, 1.54) is 12.1 Å². The Balaban J connectivity index is 1.54. The molecule has 0 spiro atoms. The van der Waals surface area contributed by atoms with Gasteiger partial charge in [-0.3, -0.25) is 9.79 Å². The molecule has 1 amide bonds. The van der Waals surface area contributed by atoms with Gasteiger partial charge >= 0.3 is 6.29 Å². The van der Waals surface area contributed by atoms with Crippen molar-refractivity contribution < 1.29 is 23.0 Å². The third-order valence-electron chi connectivity index (χ3n) is 4.72. The van der Waals surface area contributed by atoms with Crippen molar-refractivity contribution in [1.82, 2.24) is 5.32 Å². The van der Waals surface area contributed by atoms with Crippen LogP contribution in [-0.4, -0.2) is 24.6 Å². The van der Waals surface area contributed by atoms with E-state index in [-0.39, 0.29) is 38.7 Å². The van der Waals surface area contributed by atoms with Gasteiger partial charge in [-0.05, 0) is 29.8 Å². The van der Waals surface area contributed by atoms with Crippen LogP contribution in [-0.2, 0) is 5.41 Å². The summed E-state index contributed by atoms with van der Waals surface area (Å²) in [4.78, 5) is 16.9. The number of hydrogen-bond acceptors (Lipinski definition) is 4. The molecule has 0 aromatic heterocycles. The Morgan fingerprint density at radius 1 is 1.10 bits per heavy atom. The monoisotopic (exact) mass is 472 g/mol. The minimum Gasteiger partial charge on any atom is -0.395 e. The van der Waals surface area contributed by atoms with Crippen LogP contribution in [0.2, 0.25) is 15.1 Å². The maximum absolute atomic E-state index is 13.3. The highest BCUT2D eigenvalue weighted by atomic mass is 35.5. The van der Waals surface area contributed by atoms with Crippen molar-refractivity contribution in [1.29, 1.82) is 0 Å². The number of alkyl halides is 2. The van der Waals surface area contributed by atoms with E-state index in [0.29, 0.717) is 11.4 Å². The van der Waals surface area contributed by atoms with Crippen molar-refractivity contribution in [2.24, 2.45) is 4.99 Å². The van der Waals surface area contributed by atoms with E-state index in [1.54, 1.807) is 30.4 Å². The third-order valence-corrected chi connectivity index (χ3v) is 5.67. The van der Waals surface area contributed by atoms with Gasteiger partial charge in [0.25, 0.3) is 5.91 Å². The lowest BCUT2D eigenvalue weighted by molar-refractivity contribution is -0.286.